The Bertz CT molecular complexity index is 301. The van der Waals surface area contributed by atoms with E-state index >= 15 is 0 Å². The van der Waals surface area contributed by atoms with Gasteiger partial charge in [-0.1, -0.05) is 37.9 Å². The van der Waals surface area contributed by atoms with E-state index in [1.165, 1.54) is 0 Å². The van der Waals surface area contributed by atoms with Gasteiger partial charge >= 0.3 is 6.03 Å². The summed E-state index contributed by atoms with van der Waals surface area (Å²) in [5, 5.41) is 2.68. The zero-order chi connectivity index (χ0) is 9.68. The summed E-state index contributed by atoms with van der Waals surface area (Å²) in [6.45, 7) is 2.04. The molecule has 0 aromatic heterocycles. The van der Waals surface area contributed by atoms with Gasteiger partial charge in [0.25, 0.3) is 0 Å². The largest absolute Gasteiger partial charge is 0.329 e. The zero-order valence-electron chi connectivity index (χ0n) is 7.37. The fraction of sp³-hybridized carbons (Fsp3) is 0.222. The minimum Gasteiger partial charge on any atom is -0.307 e. The normalized spacial score (nSPS) is 9.38. The predicted octanol–water partition coefficient (Wildman–Crippen LogP) is 2.22. The van der Waals surface area contributed by atoms with E-state index in [2.05, 4.69) is 22.9 Å². The van der Waals surface area contributed by atoms with Crippen LogP contribution in [0.1, 0.15) is 12.5 Å². The second-order valence-electron chi connectivity index (χ2n) is 2.58. The maximum absolute atomic E-state index is 11.0. The molecule has 0 fully saturated rings. The summed E-state index contributed by atoms with van der Waals surface area (Å²) < 4.78 is 2.21. The first-order valence-electron chi connectivity index (χ1n) is 4.07. The van der Waals surface area contributed by atoms with Crippen LogP contribution in [0.4, 0.5) is 10.5 Å². The summed E-state index contributed by atoms with van der Waals surface area (Å²) in [7, 11) is 0. The number of urea groups is 1. The first-order chi connectivity index (χ1) is 6.27. The molecule has 4 heteroatoms. The lowest BCUT2D eigenvalue weighted by molar-refractivity contribution is 0.257. The molecular formula is C9H12N2OS. The molecule has 0 heterocycles. The van der Waals surface area contributed by atoms with Crippen molar-refractivity contribution in [2.75, 3.05) is 5.32 Å². The second kappa shape index (κ2) is 4.77. The van der Waals surface area contributed by atoms with Crippen LogP contribution in [0.15, 0.2) is 24.3 Å². The summed E-state index contributed by atoms with van der Waals surface area (Å²) in [4.78, 5) is 11.0. The lowest BCUT2D eigenvalue weighted by Gasteiger charge is -2.07. The number of aryl methyl sites for hydroxylation is 1. The lowest BCUT2D eigenvalue weighted by Crippen LogP contribution is -2.21. The van der Waals surface area contributed by atoms with Gasteiger partial charge in [-0.05, 0) is 18.1 Å². The number of benzene rings is 1. The maximum atomic E-state index is 11.0. The van der Waals surface area contributed by atoms with Crippen LogP contribution >= 0.6 is 12.8 Å². The van der Waals surface area contributed by atoms with Crippen LogP contribution < -0.4 is 10.0 Å². The molecule has 0 aliphatic carbocycles. The van der Waals surface area contributed by atoms with E-state index in [0.717, 1.165) is 17.7 Å². The molecule has 0 saturated heterocycles. The van der Waals surface area contributed by atoms with Crippen LogP contribution in [0.2, 0.25) is 0 Å². The van der Waals surface area contributed by atoms with Crippen LogP contribution in [0.5, 0.6) is 0 Å². The van der Waals surface area contributed by atoms with Crippen molar-refractivity contribution in [3.05, 3.63) is 29.8 Å². The summed E-state index contributed by atoms with van der Waals surface area (Å²) in [5.74, 6) is 0. The molecule has 0 spiro atoms. The van der Waals surface area contributed by atoms with Crippen molar-refractivity contribution in [2.45, 2.75) is 13.3 Å². The van der Waals surface area contributed by atoms with Gasteiger partial charge in [-0.15, -0.1) is 0 Å². The van der Waals surface area contributed by atoms with Gasteiger partial charge in [0.1, 0.15) is 0 Å². The van der Waals surface area contributed by atoms with Gasteiger partial charge in [0.15, 0.2) is 0 Å². The molecule has 1 rings (SSSR count). The third kappa shape index (κ3) is 2.66. The highest BCUT2D eigenvalue weighted by Crippen LogP contribution is 2.14. The van der Waals surface area contributed by atoms with Crippen LogP contribution in [0.25, 0.3) is 0 Å². The average Bonchev–Trinajstić information content (AvgIpc) is 2.18. The highest BCUT2D eigenvalue weighted by atomic mass is 32.1. The molecule has 70 valence electrons. The number of thiol groups is 1. The Morgan fingerprint density at radius 1 is 1.46 bits per heavy atom. The predicted molar refractivity (Wildman–Crippen MR) is 57.0 cm³/mol. The molecule has 0 aliphatic heterocycles. The monoisotopic (exact) mass is 196 g/mol. The number of para-hydroxylation sites is 1. The molecule has 0 radical (unpaired) electrons. The standard InChI is InChI=1S/C9H12N2OS/c1-2-7-5-3-4-6-8(7)10-9(12)11-13/h3-6,13H,2H2,1H3,(H2,10,11,12). The van der Waals surface area contributed by atoms with Gasteiger partial charge in [-0.2, -0.15) is 0 Å². The topological polar surface area (TPSA) is 41.1 Å². The number of hydrogen-bond donors (Lipinski definition) is 3. The second-order valence-corrected chi connectivity index (χ2v) is 2.80. The minimum atomic E-state index is -0.316. The first-order valence-corrected chi connectivity index (χ1v) is 4.51. The highest BCUT2D eigenvalue weighted by molar-refractivity contribution is 7.78. The molecule has 0 unspecified atom stereocenters. The fourth-order valence-corrected chi connectivity index (χ4v) is 1.16. The summed E-state index contributed by atoms with van der Waals surface area (Å²) >= 11 is 3.65. The number of rotatable bonds is 2. The molecule has 1 aromatic rings. The fourth-order valence-electron chi connectivity index (χ4n) is 1.10. The minimum absolute atomic E-state index is 0.316. The summed E-state index contributed by atoms with van der Waals surface area (Å²) in [5.41, 5.74) is 1.94. The quantitative estimate of drug-likeness (QED) is 0.624. The Kier molecular flexibility index (Phi) is 3.64. The summed E-state index contributed by atoms with van der Waals surface area (Å²) in [6.07, 6.45) is 0.892. The smallest absolute Gasteiger partial charge is 0.307 e. The van der Waals surface area contributed by atoms with E-state index < -0.39 is 0 Å². The lowest BCUT2D eigenvalue weighted by atomic mass is 10.1. The van der Waals surface area contributed by atoms with Crippen molar-refractivity contribution in [1.29, 1.82) is 0 Å². The van der Waals surface area contributed by atoms with Gasteiger partial charge in [0, 0.05) is 5.69 Å². The molecule has 13 heavy (non-hydrogen) atoms. The Balaban J connectivity index is 2.81. The Labute approximate surface area is 83.1 Å². The first kappa shape index (κ1) is 9.92. The van der Waals surface area contributed by atoms with E-state index in [9.17, 15) is 4.79 Å². The third-order valence-corrected chi connectivity index (χ3v) is 1.95. The number of carbonyl (C=O) groups excluding carboxylic acids is 1. The third-order valence-electron chi connectivity index (χ3n) is 1.75. The van der Waals surface area contributed by atoms with E-state index in [4.69, 9.17) is 0 Å². The van der Waals surface area contributed by atoms with Crippen molar-refractivity contribution in [3.63, 3.8) is 0 Å². The number of hydrogen-bond acceptors (Lipinski definition) is 2. The molecule has 2 N–H and O–H groups in total. The maximum Gasteiger partial charge on any atom is 0.329 e. The Morgan fingerprint density at radius 3 is 2.77 bits per heavy atom. The van der Waals surface area contributed by atoms with E-state index in [0.29, 0.717) is 0 Å². The number of carbonyl (C=O) groups is 1. The van der Waals surface area contributed by atoms with Gasteiger partial charge in [0.2, 0.25) is 0 Å². The van der Waals surface area contributed by atoms with Gasteiger partial charge in [-0.3, -0.25) is 4.72 Å². The molecule has 0 atom stereocenters. The molecule has 0 bridgehead atoms. The average molecular weight is 196 g/mol. The molecular weight excluding hydrogens is 184 g/mol. The highest BCUT2D eigenvalue weighted by Gasteiger charge is 2.02. The van der Waals surface area contributed by atoms with Crippen molar-refractivity contribution in [3.8, 4) is 0 Å². The van der Waals surface area contributed by atoms with E-state index in [1.807, 2.05) is 31.2 Å². The van der Waals surface area contributed by atoms with Crippen molar-refractivity contribution >= 4 is 24.5 Å². The molecule has 3 nitrogen and oxygen atoms in total. The van der Waals surface area contributed by atoms with E-state index in [1.54, 1.807) is 0 Å². The molecule has 0 aliphatic rings. The van der Waals surface area contributed by atoms with Gasteiger partial charge in [-0.25, -0.2) is 4.79 Å². The van der Waals surface area contributed by atoms with Crippen LogP contribution in [-0.4, -0.2) is 6.03 Å². The SMILES string of the molecule is CCc1ccccc1NC(=O)NS. The number of nitrogens with one attached hydrogen (secondary N) is 2. The Morgan fingerprint density at radius 2 is 2.15 bits per heavy atom. The van der Waals surface area contributed by atoms with Crippen LogP contribution in [0, 0.1) is 0 Å². The van der Waals surface area contributed by atoms with Crippen LogP contribution in [-0.2, 0) is 6.42 Å². The van der Waals surface area contributed by atoms with Crippen molar-refractivity contribution < 1.29 is 4.79 Å². The van der Waals surface area contributed by atoms with Crippen molar-refractivity contribution in [2.24, 2.45) is 0 Å². The van der Waals surface area contributed by atoms with E-state index in [-0.39, 0.29) is 6.03 Å². The van der Waals surface area contributed by atoms with Crippen LogP contribution in [0.3, 0.4) is 0 Å². The Hall–Kier alpha value is -1.16. The van der Waals surface area contributed by atoms with Gasteiger partial charge in [0.05, 0.1) is 0 Å². The zero-order valence-corrected chi connectivity index (χ0v) is 8.27. The summed E-state index contributed by atoms with van der Waals surface area (Å²) in [6, 6.07) is 7.36. The molecule has 1 aromatic carbocycles. The number of amides is 2. The van der Waals surface area contributed by atoms with Crippen molar-refractivity contribution in [1.82, 2.24) is 4.72 Å². The van der Waals surface area contributed by atoms with Gasteiger partial charge < -0.3 is 5.32 Å². The molecule has 2 amide bonds. The molecule has 0 saturated carbocycles. The number of anilines is 1.